The minimum atomic E-state index is -4.83. The van der Waals surface area contributed by atoms with Crippen molar-refractivity contribution in [3.63, 3.8) is 0 Å². The van der Waals surface area contributed by atoms with Crippen LogP contribution in [-0.2, 0) is 16.1 Å². The molecule has 2 aromatic heterocycles. The standard InChI is InChI=1S/C34H36F3N3O6S/c1-17(2)44-26-14-21(32(41)42-3)15-27-30(26)39-33(47-27)38-28-19-10-11-20(28)13-22(12-19)43-16-24-29(40-46-31(24)18-8-9-18)23-6-4-5-7-25(23)45-34(35,36)37/h4-7,14-15,17-20,22,28H,8-13,16H2,1-3H3,(H,38,39)/t19-,20+,22?,28?. The molecule has 3 saturated carbocycles. The summed E-state index contributed by atoms with van der Waals surface area (Å²) in [6, 6.07) is 9.70. The number of esters is 1. The predicted octanol–water partition coefficient (Wildman–Crippen LogP) is 8.49. The van der Waals surface area contributed by atoms with Crippen molar-refractivity contribution in [2.45, 2.75) is 89.5 Å². The van der Waals surface area contributed by atoms with E-state index in [2.05, 4.69) is 15.2 Å². The number of rotatable bonds is 11. The molecule has 4 atom stereocenters. The van der Waals surface area contributed by atoms with Crippen molar-refractivity contribution >= 4 is 32.7 Å². The molecule has 0 amide bonds. The maximum atomic E-state index is 13.2. The van der Waals surface area contributed by atoms with Crippen LogP contribution in [0.2, 0.25) is 0 Å². The normalized spacial score (nSPS) is 22.5. The molecule has 0 aliphatic heterocycles. The van der Waals surface area contributed by atoms with E-state index in [4.69, 9.17) is 23.7 Å². The minimum Gasteiger partial charge on any atom is -0.489 e. The highest BCUT2D eigenvalue weighted by atomic mass is 32.1. The lowest BCUT2D eigenvalue weighted by Gasteiger charge is -2.35. The Bertz CT molecular complexity index is 1750. The quantitative estimate of drug-likeness (QED) is 0.157. The van der Waals surface area contributed by atoms with Crippen LogP contribution in [0.1, 0.15) is 80.0 Å². The van der Waals surface area contributed by atoms with Gasteiger partial charge in [-0.15, -0.1) is 13.2 Å². The van der Waals surface area contributed by atoms with E-state index in [-0.39, 0.29) is 42.1 Å². The van der Waals surface area contributed by atoms with Crippen molar-refractivity contribution in [1.82, 2.24) is 10.1 Å². The van der Waals surface area contributed by atoms with Crippen LogP contribution in [0, 0.1) is 11.8 Å². The lowest BCUT2D eigenvalue weighted by Crippen LogP contribution is -2.39. The number of anilines is 1. The summed E-state index contributed by atoms with van der Waals surface area (Å²) >= 11 is 1.49. The topological polar surface area (TPSA) is 105 Å². The number of benzene rings is 2. The number of nitrogens with zero attached hydrogens (tertiary/aromatic N) is 2. The molecule has 13 heteroatoms. The highest BCUT2D eigenvalue weighted by Gasteiger charge is 2.44. The van der Waals surface area contributed by atoms with Crippen LogP contribution in [-0.4, -0.2) is 47.8 Å². The largest absolute Gasteiger partial charge is 0.573 e. The van der Waals surface area contributed by atoms with Crippen molar-refractivity contribution in [1.29, 1.82) is 0 Å². The second-order valence-electron chi connectivity index (χ2n) is 12.9. The van der Waals surface area contributed by atoms with Gasteiger partial charge < -0.3 is 28.8 Å². The number of carbonyl (C=O) groups is 1. The van der Waals surface area contributed by atoms with Gasteiger partial charge in [-0.2, -0.15) is 0 Å². The van der Waals surface area contributed by atoms with E-state index in [0.29, 0.717) is 45.7 Å². The SMILES string of the molecule is COC(=O)c1cc(OC(C)C)c2nc(NC3[C@@H]4CC[C@H]3CC(OCc3c(-c5ccccc5OC(F)(F)F)noc3C3CC3)C4)sc2c1. The molecule has 2 heterocycles. The number of hydrogen-bond donors (Lipinski definition) is 1. The first-order valence-electron chi connectivity index (χ1n) is 16.0. The summed E-state index contributed by atoms with van der Waals surface area (Å²) in [7, 11) is 1.36. The number of carbonyl (C=O) groups excluding carboxylic acids is 1. The first-order chi connectivity index (χ1) is 22.6. The Morgan fingerprint density at radius 3 is 2.51 bits per heavy atom. The fourth-order valence-electron chi connectivity index (χ4n) is 7.04. The van der Waals surface area contributed by atoms with Gasteiger partial charge in [-0.1, -0.05) is 28.6 Å². The van der Waals surface area contributed by atoms with Crippen molar-refractivity contribution in [3.05, 3.63) is 53.3 Å². The molecule has 250 valence electrons. The number of ether oxygens (including phenoxy) is 4. The fraction of sp³-hybridized carbons (Fsp3) is 0.500. The zero-order valence-electron chi connectivity index (χ0n) is 26.3. The number of aromatic nitrogens is 2. The van der Waals surface area contributed by atoms with Gasteiger partial charge in [-0.3, -0.25) is 0 Å². The second-order valence-corrected chi connectivity index (χ2v) is 13.9. The van der Waals surface area contributed by atoms with Crippen molar-refractivity contribution in [3.8, 4) is 22.8 Å². The minimum absolute atomic E-state index is 0.00829. The molecule has 2 aromatic carbocycles. The summed E-state index contributed by atoms with van der Waals surface area (Å²) in [5.74, 6) is 1.43. The molecule has 4 aromatic rings. The number of halogens is 3. The number of fused-ring (bicyclic) bond motifs is 3. The van der Waals surface area contributed by atoms with Gasteiger partial charge in [0.2, 0.25) is 0 Å². The Hall–Kier alpha value is -3.84. The van der Waals surface area contributed by atoms with Gasteiger partial charge in [0.15, 0.2) is 5.13 Å². The van der Waals surface area contributed by atoms with Gasteiger partial charge in [-0.25, -0.2) is 9.78 Å². The molecule has 0 saturated heterocycles. The molecule has 3 aliphatic rings. The number of nitrogens with one attached hydrogen (secondary N) is 1. The first-order valence-corrected chi connectivity index (χ1v) is 16.8. The molecule has 2 bridgehead atoms. The predicted molar refractivity (Wildman–Crippen MR) is 169 cm³/mol. The number of thiazole rings is 1. The monoisotopic (exact) mass is 671 g/mol. The maximum Gasteiger partial charge on any atom is 0.573 e. The Morgan fingerprint density at radius 2 is 1.83 bits per heavy atom. The van der Waals surface area contributed by atoms with Crippen molar-refractivity contribution in [2.75, 3.05) is 12.4 Å². The smallest absolute Gasteiger partial charge is 0.489 e. The van der Waals surface area contributed by atoms with E-state index in [1.165, 1.54) is 30.6 Å². The summed E-state index contributed by atoms with van der Waals surface area (Å²) in [5, 5.41) is 8.69. The number of methoxy groups -OCH3 is 1. The van der Waals surface area contributed by atoms with Crippen LogP contribution in [0.5, 0.6) is 11.5 Å². The number of alkyl halides is 3. The van der Waals surface area contributed by atoms with Crippen molar-refractivity contribution < 1.29 is 41.4 Å². The van der Waals surface area contributed by atoms with E-state index < -0.39 is 12.3 Å². The number of para-hydroxylation sites is 1. The van der Waals surface area contributed by atoms with E-state index >= 15 is 0 Å². The Balaban J connectivity index is 1.06. The second kappa shape index (κ2) is 12.6. The van der Waals surface area contributed by atoms with Gasteiger partial charge in [0.1, 0.15) is 28.5 Å². The molecule has 9 nitrogen and oxygen atoms in total. The summed E-state index contributed by atoms with van der Waals surface area (Å²) in [4.78, 5) is 17.2. The fourth-order valence-corrected chi connectivity index (χ4v) is 8.01. The number of hydrogen-bond acceptors (Lipinski definition) is 10. The first kappa shape index (κ1) is 31.7. The third-order valence-electron chi connectivity index (χ3n) is 9.19. The molecular weight excluding hydrogens is 635 g/mol. The van der Waals surface area contributed by atoms with E-state index in [1.54, 1.807) is 24.3 Å². The Kier molecular flexibility index (Phi) is 8.54. The van der Waals surface area contributed by atoms with Gasteiger partial charge in [0, 0.05) is 23.1 Å². The van der Waals surface area contributed by atoms with Crippen LogP contribution in [0.15, 0.2) is 40.9 Å². The third kappa shape index (κ3) is 6.78. The van der Waals surface area contributed by atoms with Crippen LogP contribution in [0.4, 0.5) is 18.3 Å². The summed E-state index contributed by atoms with van der Waals surface area (Å²) in [5.41, 5.74) is 2.38. The Labute approximate surface area is 273 Å². The molecule has 3 aliphatic carbocycles. The summed E-state index contributed by atoms with van der Waals surface area (Å²) < 4.78 is 67.8. The van der Waals surface area contributed by atoms with Crippen molar-refractivity contribution in [2.24, 2.45) is 11.8 Å². The maximum absolute atomic E-state index is 13.2. The molecule has 0 radical (unpaired) electrons. The molecule has 7 rings (SSSR count). The highest BCUT2D eigenvalue weighted by molar-refractivity contribution is 7.22. The van der Waals surface area contributed by atoms with E-state index in [9.17, 15) is 18.0 Å². The molecule has 0 spiro atoms. The molecule has 1 N–H and O–H groups in total. The average Bonchev–Trinajstić information content (AvgIpc) is 3.58. The highest BCUT2D eigenvalue weighted by Crippen LogP contribution is 2.48. The molecule has 3 fully saturated rings. The average molecular weight is 672 g/mol. The van der Waals surface area contributed by atoms with Crippen LogP contribution >= 0.6 is 11.3 Å². The van der Waals surface area contributed by atoms with E-state index in [0.717, 1.165) is 48.4 Å². The molecular formula is C34H36F3N3O6S. The summed E-state index contributed by atoms with van der Waals surface area (Å²) in [6.07, 6.45) is 0.793. The summed E-state index contributed by atoms with van der Waals surface area (Å²) in [6.45, 7) is 4.06. The molecule has 2 unspecified atom stereocenters. The van der Waals surface area contributed by atoms with Gasteiger partial charge in [0.05, 0.1) is 36.2 Å². The van der Waals surface area contributed by atoms with Crippen LogP contribution < -0.4 is 14.8 Å². The van der Waals surface area contributed by atoms with Gasteiger partial charge in [0.25, 0.3) is 0 Å². The zero-order chi connectivity index (χ0) is 32.9. The zero-order valence-corrected chi connectivity index (χ0v) is 27.1. The van der Waals surface area contributed by atoms with E-state index in [1.807, 2.05) is 13.8 Å². The third-order valence-corrected chi connectivity index (χ3v) is 10.1. The van der Waals surface area contributed by atoms with Crippen LogP contribution in [0.3, 0.4) is 0 Å². The lowest BCUT2D eigenvalue weighted by atomic mass is 9.82. The van der Waals surface area contributed by atoms with Crippen LogP contribution in [0.25, 0.3) is 21.5 Å². The molecule has 47 heavy (non-hydrogen) atoms. The van der Waals surface area contributed by atoms with Gasteiger partial charge >= 0.3 is 12.3 Å². The lowest BCUT2D eigenvalue weighted by molar-refractivity contribution is -0.274. The van der Waals surface area contributed by atoms with Gasteiger partial charge in [-0.05, 0) is 88.5 Å². The Morgan fingerprint density at radius 1 is 1.09 bits per heavy atom.